The van der Waals surface area contributed by atoms with Crippen molar-refractivity contribution in [2.75, 3.05) is 24.6 Å². The van der Waals surface area contributed by atoms with Crippen LogP contribution in [0.3, 0.4) is 0 Å². The van der Waals surface area contributed by atoms with Crippen LogP contribution >= 0.6 is 0 Å². The van der Waals surface area contributed by atoms with Crippen molar-refractivity contribution in [1.82, 2.24) is 9.62 Å². The molecule has 7 nitrogen and oxygen atoms in total. The Balaban J connectivity index is 1.74. The van der Waals surface area contributed by atoms with Gasteiger partial charge in [-0.25, -0.2) is 16.8 Å². The molecule has 1 amide bonds. The van der Waals surface area contributed by atoms with Crippen LogP contribution in [0, 0.1) is 5.92 Å². The zero-order chi connectivity index (χ0) is 18.9. The van der Waals surface area contributed by atoms with Crippen LogP contribution in [-0.4, -0.2) is 57.7 Å². The first-order chi connectivity index (χ1) is 12.2. The summed E-state index contributed by atoms with van der Waals surface area (Å²) in [5.74, 6) is 0.0697. The van der Waals surface area contributed by atoms with Gasteiger partial charge in [-0.05, 0) is 43.4 Å². The number of carbonyl (C=O) groups is 1. The molecule has 0 aliphatic carbocycles. The van der Waals surface area contributed by atoms with Gasteiger partial charge in [-0.1, -0.05) is 13.0 Å². The van der Waals surface area contributed by atoms with E-state index in [9.17, 15) is 21.6 Å². The SMILES string of the molecule is CC1CCN(S(=O)(=O)c2cccc(C(=O)N[C@@H]3CCS(=O)(=O)C3)c2)CC1. The largest absolute Gasteiger partial charge is 0.348 e. The Kier molecular flexibility index (Phi) is 5.41. The minimum Gasteiger partial charge on any atom is -0.348 e. The highest BCUT2D eigenvalue weighted by Crippen LogP contribution is 2.24. The lowest BCUT2D eigenvalue weighted by atomic mass is 10.0. The number of carbonyl (C=O) groups excluding carboxylic acids is 1. The zero-order valence-corrected chi connectivity index (χ0v) is 16.4. The van der Waals surface area contributed by atoms with Gasteiger partial charge in [0.05, 0.1) is 16.4 Å². The fourth-order valence-electron chi connectivity index (χ4n) is 3.35. The second-order valence-corrected chi connectivity index (χ2v) is 11.4. The molecule has 1 atom stereocenters. The summed E-state index contributed by atoms with van der Waals surface area (Å²) in [5.41, 5.74) is 0.223. The van der Waals surface area contributed by atoms with Crippen molar-refractivity contribution in [1.29, 1.82) is 0 Å². The van der Waals surface area contributed by atoms with Gasteiger partial charge in [-0.15, -0.1) is 0 Å². The van der Waals surface area contributed by atoms with E-state index < -0.39 is 31.8 Å². The van der Waals surface area contributed by atoms with Crippen LogP contribution in [0.4, 0.5) is 0 Å². The van der Waals surface area contributed by atoms with Crippen LogP contribution in [-0.2, 0) is 19.9 Å². The first kappa shape index (κ1) is 19.3. The molecule has 0 spiro atoms. The van der Waals surface area contributed by atoms with E-state index in [-0.39, 0.29) is 22.0 Å². The Morgan fingerprint density at radius 1 is 1.19 bits per heavy atom. The van der Waals surface area contributed by atoms with Crippen molar-refractivity contribution in [2.24, 2.45) is 5.92 Å². The Morgan fingerprint density at radius 2 is 1.88 bits per heavy atom. The minimum atomic E-state index is -3.63. The van der Waals surface area contributed by atoms with Gasteiger partial charge < -0.3 is 5.32 Å². The Bertz CT molecular complexity index is 887. The van der Waals surface area contributed by atoms with Crippen LogP contribution < -0.4 is 5.32 Å². The predicted octanol–water partition coefficient (Wildman–Crippen LogP) is 1.02. The molecule has 144 valence electrons. The number of piperidine rings is 1. The van der Waals surface area contributed by atoms with Gasteiger partial charge in [-0.3, -0.25) is 4.79 Å². The van der Waals surface area contributed by atoms with Gasteiger partial charge in [0.25, 0.3) is 5.91 Å². The summed E-state index contributed by atoms with van der Waals surface area (Å²) in [6, 6.07) is 5.52. The summed E-state index contributed by atoms with van der Waals surface area (Å²) >= 11 is 0. The number of hydrogen-bond donors (Lipinski definition) is 1. The third-order valence-electron chi connectivity index (χ3n) is 5.04. The van der Waals surface area contributed by atoms with Crippen LogP contribution in [0.2, 0.25) is 0 Å². The predicted molar refractivity (Wildman–Crippen MR) is 98.1 cm³/mol. The molecule has 3 rings (SSSR count). The van der Waals surface area contributed by atoms with E-state index >= 15 is 0 Å². The summed E-state index contributed by atoms with van der Waals surface area (Å²) < 4.78 is 50.1. The van der Waals surface area contributed by atoms with E-state index in [4.69, 9.17) is 0 Å². The number of nitrogens with one attached hydrogen (secondary N) is 1. The topological polar surface area (TPSA) is 101 Å². The van der Waals surface area contributed by atoms with E-state index in [1.165, 1.54) is 22.5 Å². The van der Waals surface area contributed by atoms with Gasteiger partial charge in [0.1, 0.15) is 0 Å². The standard InChI is InChI=1S/C17H24N2O5S2/c1-13-5-8-19(9-6-13)26(23,24)16-4-2-3-14(11-16)17(20)18-15-7-10-25(21,22)12-15/h2-4,11,13,15H,5-10,12H2,1H3,(H,18,20)/t15-/m1/s1. The number of benzene rings is 1. The molecule has 2 fully saturated rings. The number of nitrogens with zero attached hydrogens (tertiary/aromatic N) is 1. The molecular weight excluding hydrogens is 376 g/mol. The van der Waals surface area contributed by atoms with E-state index in [1.54, 1.807) is 6.07 Å². The van der Waals surface area contributed by atoms with E-state index in [1.807, 2.05) is 0 Å². The van der Waals surface area contributed by atoms with Crippen molar-refractivity contribution in [3.63, 3.8) is 0 Å². The summed E-state index contributed by atoms with van der Waals surface area (Å²) in [6.07, 6.45) is 2.04. The van der Waals surface area contributed by atoms with Crippen LogP contribution in [0.15, 0.2) is 29.2 Å². The second kappa shape index (κ2) is 7.28. The van der Waals surface area contributed by atoms with Crippen molar-refractivity contribution in [3.8, 4) is 0 Å². The third-order valence-corrected chi connectivity index (χ3v) is 8.71. The highest BCUT2D eigenvalue weighted by atomic mass is 32.2. The van der Waals surface area contributed by atoms with Gasteiger partial charge in [-0.2, -0.15) is 4.31 Å². The van der Waals surface area contributed by atoms with Gasteiger partial charge in [0, 0.05) is 24.7 Å². The molecule has 1 aromatic rings. The molecule has 1 N–H and O–H groups in total. The Labute approximate surface area is 154 Å². The number of sulfone groups is 1. The first-order valence-corrected chi connectivity index (χ1v) is 12.0. The lowest BCUT2D eigenvalue weighted by Crippen LogP contribution is -2.38. The monoisotopic (exact) mass is 400 g/mol. The smallest absolute Gasteiger partial charge is 0.251 e. The van der Waals surface area contributed by atoms with Crippen molar-refractivity contribution in [3.05, 3.63) is 29.8 Å². The van der Waals surface area contributed by atoms with Crippen molar-refractivity contribution < 1.29 is 21.6 Å². The number of rotatable bonds is 4. The molecule has 0 unspecified atom stereocenters. The van der Waals surface area contributed by atoms with Crippen LogP contribution in [0.1, 0.15) is 36.5 Å². The molecule has 2 heterocycles. The fourth-order valence-corrected chi connectivity index (χ4v) is 6.54. The maximum absolute atomic E-state index is 12.8. The highest BCUT2D eigenvalue weighted by molar-refractivity contribution is 7.91. The van der Waals surface area contributed by atoms with E-state index in [0.717, 1.165) is 12.8 Å². The first-order valence-electron chi connectivity index (χ1n) is 8.79. The van der Waals surface area contributed by atoms with E-state index in [2.05, 4.69) is 12.2 Å². The Hall–Kier alpha value is -1.45. The van der Waals surface area contributed by atoms with Gasteiger partial charge >= 0.3 is 0 Å². The Morgan fingerprint density at radius 3 is 2.50 bits per heavy atom. The molecule has 0 radical (unpaired) electrons. The van der Waals surface area contributed by atoms with Crippen molar-refractivity contribution in [2.45, 2.75) is 37.1 Å². The fraction of sp³-hybridized carbons (Fsp3) is 0.588. The molecule has 2 aliphatic heterocycles. The lowest BCUT2D eigenvalue weighted by molar-refractivity contribution is 0.0941. The van der Waals surface area contributed by atoms with Crippen LogP contribution in [0.25, 0.3) is 0 Å². The van der Waals surface area contributed by atoms with Gasteiger partial charge in [0.15, 0.2) is 9.84 Å². The van der Waals surface area contributed by atoms with Crippen molar-refractivity contribution >= 4 is 25.8 Å². The number of sulfonamides is 1. The average molecular weight is 401 g/mol. The summed E-state index contributed by atoms with van der Waals surface area (Å²) in [7, 11) is -6.72. The molecule has 2 saturated heterocycles. The average Bonchev–Trinajstić information content (AvgIpc) is 2.94. The zero-order valence-electron chi connectivity index (χ0n) is 14.7. The molecule has 26 heavy (non-hydrogen) atoms. The molecule has 0 aromatic heterocycles. The summed E-state index contributed by atoms with van der Waals surface area (Å²) in [4.78, 5) is 12.5. The maximum Gasteiger partial charge on any atom is 0.251 e. The lowest BCUT2D eigenvalue weighted by Gasteiger charge is -2.29. The normalized spacial score (nSPS) is 24.4. The quantitative estimate of drug-likeness (QED) is 0.813. The van der Waals surface area contributed by atoms with E-state index in [0.29, 0.717) is 25.4 Å². The molecule has 9 heteroatoms. The molecule has 0 saturated carbocycles. The summed E-state index contributed by atoms with van der Waals surface area (Å²) in [6.45, 7) is 3.08. The minimum absolute atomic E-state index is 0.0668. The molecule has 1 aromatic carbocycles. The maximum atomic E-state index is 12.8. The number of hydrogen-bond acceptors (Lipinski definition) is 5. The third kappa shape index (κ3) is 4.27. The highest BCUT2D eigenvalue weighted by Gasteiger charge is 2.30. The van der Waals surface area contributed by atoms with Gasteiger partial charge in [0.2, 0.25) is 10.0 Å². The molecular formula is C17H24N2O5S2. The number of amides is 1. The molecule has 0 bridgehead atoms. The summed E-state index contributed by atoms with van der Waals surface area (Å²) in [5, 5.41) is 2.69. The molecule has 2 aliphatic rings. The second-order valence-electron chi connectivity index (χ2n) is 7.19. The van der Waals surface area contributed by atoms with Crippen LogP contribution in [0.5, 0.6) is 0 Å².